The second-order valence-corrected chi connectivity index (χ2v) is 6.07. The first kappa shape index (κ1) is 22.1. The Bertz CT molecular complexity index is 537. The maximum Gasteiger partial charge on any atom is 0.191 e. The van der Waals surface area contributed by atoms with E-state index in [9.17, 15) is 8.78 Å². The lowest BCUT2D eigenvalue weighted by molar-refractivity contribution is 0.0277. The molecule has 2 N–H and O–H groups in total. The molecule has 4 nitrogen and oxygen atoms in total. The van der Waals surface area contributed by atoms with Crippen LogP contribution in [-0.4, -0.2) is 32.3 Å². The molecule has 1 saturated carbocycles. The van der Waals surface area contributed by atoms with Gasteiger partial charge in [0.25, 0.3) is 0 Å². The van der Waals surface area contributed by atoms with Crippen LogP contribution in [0.1, 0.15) is 44.1 Å². The van der Waals surface area contributed by atoms with Crippen molar-refractivity contribution in [2.24, 2.45) is 4.99 Å². The molecule has 25 heavy (non-hydrogen) atoms. The van der Waals surface area contributed by atoms with Crippen molar-refractivity contribution in [3.8, 4) is 0 Å². The summed E-state index contributed by atoms with van der Waals surface area (Å²) in [5.41, 5.74) is 0.276. The Morgan fingerprint density at radius 2 is 1.96 bits per heavy atom. The molecule has 1 aromatic rings. The van der Waals surface area contributed by atoms with Gasteiger partial charge in [0.05, 0.1) is 6.10 Å². The largest absolute Gasteiger partial charge is 0.378 e. The summed E-state index contributed by atoms with van der Waals surface area (Å²) in [6.45, 7) is 1.63. The van der Waals surface area contributed by atoms with Crippen LogP contribution in [0.4, 0.5) is 8.78 Å². The minimum Gasteiger partial charge on any atom is -0.378 e. The van der Waals surface area contributed by atoms with Gasteiger partial charge in [-0.3, -0.25) is 4.99 Å². The first-order valence-electron chi connectivity index (χ1n) is 8.69. The summed E-state index contributed by atoms with van der Waals surface area (Å²) in [7, 11) is 1.65. The molecule has 1 aliphatic carbocycles. The van der Waals surface area contributed by atoms with Crippen LogP contribution in [0.15, 0.2) is 23.2 Å². The van der Waals surface area contributed by atoms with Crippen molar-refractivity contribution in [1.82, 2.24) is 10.6 Å². The van der Waals surface area contributed by atoms with E-state index in [1.807, 2.05) is 0 Å². The van der Waals surface area contributed by atoms with Crippen molar-refractivity contribution < 1.29 is 13.5 Å². The molecule has 0 aromatic heterocycles. The van der Waals surface area contributed by atoms with E-state index < -0.39 is 11.6 Å². The van der Waals surface area contributed by atoms with Gasteiger partial charge in [0.2, 0.25) is 0 Å². The molecule has 2 rings (SSSR count). The number of nitrogens with zero attached hydrogens (tertiary/aromatic N) is 1. The van der Waals surface area contributed by atoms with Crippen LogP contribution in [-0.2, 0) is 11.3 Å². The summed E-state index contributed by atoms with van der Waals surface area (Å²) in [4.78, 5) is 4.08. The third-order valence-electron chi connectivity index (χ3n) is 4.20. The number of benzene rings is 1. The second-order valence-electron chi connectivity index (χ2n) is 6.07. The summed E-state index contributed by atoms with van der Waals surface area (Å²) in [5.74, 6) is -0.312. The molecule has 0 radical (unpaired) electrons. The van der Waals surface area contributed by atoms with E-state index in [-0.39, 0.29) is 36.1 Å². The van der Waals surface area contributed by atoms with Gasteiger partial charge in [-0.15, -0.1) is 24.0 Å². The topological polar surface area (TPSA) is 45.7 Å². The molecule has 0 bridgehead atoms. The second kappa shape index (κ2) is 12.4. The minimum atomic E-state index is -0.448. The van der Waals surface area contributed by atoms with E-state index in [0.717, 1.165) is 31.7 Å². The molecule has 0 heterocycles. The summed E-state index contributed by atoms with van der Waals surface area (Å²) < 4.78 is 32.6. The van der Waals surface area contributed by atoms with E-state index >= 15 is 0 Å². The maximum atomic E-state index is 13.6. The number of rotatable bonds is 7. The molecular formula is C18H28F2IN3O. The molecule has 1 fully saturated rings. The molecule has 0 saturated heterocycles. The average molecular weight is 467 g/mol. The quantitative estimate of drug-likeness (QED) is 0.276. The Morgan fingerprint density at radius 1 is 1.20 bits per heavy atom. The normalized spacial score (nSPS) is 15.6. The Hall–Kier alpha value is -0.960. The number of guanidine groups is 1. The number of hydrogen-bond acceptors (Lipinski definition) is 2. The Kier molecular flexibility index (Phi) is 11.0. The van der Waals surface area contributed by atoms with Gasteiger partial charge in [-0.1, -0.05) is 19.3 Å². The van der Waals surface area contributed by atoms with Gasteiger partial charge >= 0.3 is 0 Å². The van der Waals surface area contributed by atoms with E-state index in [1.165, 1.54) is 38.2 Å². The Balaban J connectivity index is 0.00000312. The summed E-state index contributed by atoms with van der Waals surface area (Å²) in [6, 6.07) is 3.43. The van der Waals surface area contributed by atoms with Gasteiger partial charge in [0.15, 0.2) is 5.96 Å². The van der Waals surface area contributed by atoms with E-state index in [1.54, 1.807) is 7.05 Å². The van der Waals surface area contributed by atoms with Crippen LogP contribution < -0.4 is 10.6 Å². The van der Waals surface area contributed by atoms with Crippen molar-refractivity contribution in [3.63, 3.8) is 0 Å². The third-order valence-corrected chi connectivity index (χ3v) is 4.20. The minimum absolute atomic E-state index is 0. The third kappa shape index (κ3) is 8.31. The van der Waals surface area contributed by atoms with Crippen LogP contribution in [0.3, 0.4) is 0 Å². The molecule has 0 atom stereocenters. The highest BCUT2D eigenvalue weighted by Crippen LogP contribution is 2.20. The van der Waals surface area contributed by atoms with Gasteiger partial charge in [-0.2, -0.15) is 0 Å². The SMILES string of the molecule is CN=C(NCCCOC1CCCCC1)NCc1cc(F)ccc1F.I. The first-order valence-corrected chi connectivity index (χ1v) is 8.69. The van der Waals surface area contributed by atoms with Crippen LogP contribution in [0.5, 0.6) is 0 Å². The van der Waals surface area contributed by atoms with Crippen LogP contribution >= 0.6 is 24.0 Å². The lowest BCUT2D eigenvalue weighted by Gasteiger charge is -2.22. The van der Waals surface area contributed by atoms with Gasteiger partial charge in [-0.25, -0.2) is 8.78 Å². The van der Waals surface area contributed by atoms with Crippen molar-refractivity contribution in [1.29, 1.82) is 0 Å². The number of aliphatic imine (C=N–C) groups is 1. The zero-order chi connectivity index (χ0) is 17.2. The van der Waals surface area contributed by atoms with Crippen molar-refractivity contribution >= 4 is 29.9 Å². The lowest BCUT2D eigenvalue weighted by Crippen LogP contribution is -2.37. The first-order chi connectivity index (χ1) is 11.7. The van der Waals surface area contributed by atoms with Crippen LogP contribution in [0.2, 0.25) is 0 Å². The monoisotopic (exact) mass is 467 g/mol. The summed E-state index contributed by atoms with van der Waals surface area (Å²) in [6.07, 6.45) is 7.53. The molecule has 7 heteroatoms. The fraction of sp³-hybridized carbons (Fsp3) is 0.611. The number of halogens is 3. The predicted molar refractivity (Wildman–Crippen MR) is 107 cm³/mol. The zero-order valence-electron chi connectivity index (χ0n) is 14.7. The van der Waals surface area contributed by atoms with E-state index in [4.69, 9.17) is 4.74 Å². The van der Waals surface area contributed by atoms with Gasteiger partial charge < -0.3 is 15.4 Å². The molecule has 1 aliphatic rings. The van der Waals surface area contributed by atoms with Crippen molar-refractivity contribution in [3.05, 3.63) is 35.4 Å². The molecule has 0 unspecified atom stereocenters. The lowest BCUT2D eigenvalue weighted by atomic mass is 9.98. The van der Waals surface area contributed by atoms with E-state index in [2.05, 4.69) is 15.6 Å². The van der Waals surface area contributed by atoms with Gasteiger partial charge in [0.1, 0.15) is 11.6 Å². The standard InChI is InChI=1S/C18H27F2N3O.HI/c1-21-18(23-13-14-12-15(19)8-9-17(14)20)22-10-5-11-24-16-6-3-2-4-7-16;/h8-9,12,16H,2-7,10-11,13H2,1H3,(H2,21,22,23);1H. The van der Waals surface area contributed by atoms with Gasteiger partial charge in [0, 0.05) is 32.3 Å². The Morgan fingerprint density at radius 3 is 2.68 bits per heavy atom. The summed E-state index contributed by atoms with van der Waals surface area (Å²) >= 11 is 0. The maximum absolute atomic E-state index is 13.6. The molecule has 0 amide bonds. The van der Waals surface area contributed by atoms with Crippen LogP contribution in [0, 0.1) is 11.6 Å². The number of nitrogens with one attached hydrogen (secondary N) is 2. The Labute approximate surface area is 165 Å². The molecule has 0 aliphatic heterocycles. The fourth-order valence-corrected chi connectivity index (χ4v) is 2.84. The van der Waals surface area contributed by atoms with Gasteiger partial charge in [-0.05, 0) is 37.5 Å². The van der Waals surface area contributed by atoms with Crippen molar-refractivity contribution in [2.45, 2.75) is 51.2 Å². The highest BCUT2D eigenvalue weighted by Gasteiger charge is 2.13. The summed E-state index contributed by atoms with van der Waals surface area (Å²) in [5, 5.41) is 6.14. The average Bonchev–Trinajstić information content (AvgIpc) is 2.61. The molecule has 142 valence electrons. The smallest absolute Gasteiger partial charge is 0.191 e. The number of ether oxygens (including phenoxy) is 1. The molecular weight excluding hydrogens is 439 g/mol. The zero-order valence-corrected chi connectivity index (χ0v) is 17.0. The van der Waals surface area contributed by atoms with E-state index in [0.29, 0.717) is 12.1 Å². The number of hydrogen-bond donors (Lipinski definition) is 2. The molecule has 0 spiro atoms. The highest BCUT2D eigenvalue weighted by molar-refractivity contribution is 14.0. The highest BCUT2D eigenvalue weighted by atomic mass is 127. The fourth-order valence-electron chi connectivity index (χ4n) is 2.84. The molecule has 1 aromatic carbocycles. The van der Waals surface area contributed by atoms with Crippen molar-refractivity contribution in [2.75, 3.05) is 20.2 Å². The predicted octanol–water partition coefficient (Wildman–Crippen LogP) is 3.99. The van der Waals surface area contributed by atoms with Crippen LogP contribution in [0.25, 0.3) is 0 Å².